The topological polar surface area (TPSA) is 88.8 Å². The van der Waals surface area contributed by atoms with E-state index in [1.165, 1.54) is 5.56 Å². The van der Waals surface area contributed by atoms with Crippen molar-refractivity contribution in [2.45, 2.75) is 13.5 Å². The van der Waals surface area contributed by atoms with Crippen molar-refractivity contribution >= 4 is 27.6 Å². The highest BCUT2D eigenvalue weighted by Gasteiger charge is 2.20. The summed E-state index contributed by atoms with van der Waals surface area (Å²) in [6.45, 7) is 7.93. The number of nitrogens with one attached hydrogen (secondary N) is 3. The lowest BCUT2D eigenvalue weighted by Gasteiger charge is -2.33. The minimum Gasteiger partial charge on any atom is -0.353 e. The van der Waals surface area contributed by atoms with Gasteiger partial charge in [0.15, 0.2) is 0 Å². The van der Waals surface area contributed by atoms with E-state index in [2.05, 4.69) is 79.6 Å². The number of H-pyrrole nitrogens is 2. The smallest absolute Gasteiger partial charge is 0.138 e. The summed E-state index contributed by atoms with van der Waals surface area (Å²) in [4.78, 5) is 17.5. The van der Waals surface area contributed by atoms with E-state index < -0.39 is 0 Å². The number of nitrogens with zero attached hydrogens (tertiary/aromatic N) is 5. The largest absolute Gasteiger partial charge is 0.353 e. The quantitative estimate of drug-likeness (QED) is 0.350. The van der Waals surface area contributed by atoms with Gasteiger partial charge in [0.1, 0.15) is 11.5 Å². The molecular formula is C27H30N8. The Labute approximate surface area is 204 Å². The zero-order chi connectivity index (χ0) is 23.8. The van der Waals surface area contributed by atoms with Gasteiger partial charge in [-0.25, -0.2) is 4.98 Å². The Morgan fingerprint density at radius 3 is 2.69 bits per heavy atom. The Morgan fingerprint density at radius 1 is 0.943 bits per heavy atom. The number of pyridine rings is 2. The molecule has 1 fully saturated rings. The molecular weight excluding hydrogens is 436 g/mol. The van der Waals surface area contributed by atoms with Gasteiger partial charge in [-0.3, -0.25) is 10.1 Å². The van der Waals surface area contributed by atoms with Crippen molar-refractivity contribution in [2.75, 3.05) is 44.7 Å². The van der Waals surface area contributed by atoms with Gasteiger partial charge >= 0.3 is 0 Å². The van der Waals surface area contributed by atoms with Crippen molar-refractivity contribution in [1.82, 2.24) is 35.4 Å². The van der Waals surface area contributed by atoms with Gasteiger partial charge < -0.3 is 20.1 Å². The molecule has 1 aliphatic heterocycles. The third-order valence-electron chi connectivity index (χ3n) is 6.86. The molecule has 0 saturated carbocycles. The van der Waals surface area contributed by atoms with Crippen LogP contribution < -0.4 is 10.2 Å². The number of hydrogen-bond acceptors (Lipinski definition) is 6. The number of aromatic nitrogens is 5. The Balaban J connectivity index is 1.38. The normalized spacial score (nSPS) is 14.9. The Morgan fingerprint density at radius 2 is 1.83 bits per heavy atom. The summed E-state index contributed by atoms with van der Waals surface area (Å²) >= 11 is 0. The number of rotatable bonds is 6. The Kier molecular flexibility index (Phi) is 5.67. The minimum atomic E-state index is 0.815. The molecule has 0 unspecified atom stereocenters. The van der Waals surface area contributed by atoms with Crippen LogP contribution >= 0.6 is 0 Å². The molecule has 178 valence electrons. The summed E-state index contributed by atoms with van der Waals surface area (Å²) < 4.78 is 0. The molecule has 8 nitrogen and oxygen atoms in total. The van der Waals surface area contributed by atoms with E-state index in [-0.39, 0.29) is 0 Å². The molecule has 4 aromatic heterocycles. The molecule has 0 amide bonds. The fourth-order valence-electron chi connectivity index (χ4n) is 4.85. The van der Waals surface area contributed by atoms with Gasteiger partial charge in [-0.1, -0.05) is 13.0 Å². The van der Waals surface area contributed by atoms with Gasteiger partial charge in [-0.2, -0.15) is 5.10 Å². The second-order valence-electron chi connectivity index (χ2n) is 9.26. The summed E-state index contributed by atoms with van der Waals surface area (Å²) in [7, 11) is 2.17. The van der Waals surface area contributed by atoms with Crippen molar-refractivity contribution in [1.29, 1.82) is 0 Å². The Bertz CT molecular complexity index is 1480. The van der Waals surface area contributed by atoms with Gasteiger partial charge in [0.25, 0.3) is 0 Å². The lowest BCUT2D eigenvalue weighted by molar-refractivity contribution is 0.312. The molecule has 5 heterocycles. The zero-order valence-electron chi connectivity index (χ0n) is 20.2. The van der Waals surface area contributed by atoms with Gasteiger partial charge in [0.2, 0.25) is 0 Å². The third kappa shape index (κ3) is 4.15. The van der Waals surface area contributed by atoms with Crippen LogP contribution in [0.1, 0.15) is 12.5 Å². The summed E-state index contributed by atoms with van der Waals surface area (Å²) in [6, 6.07) is 12.9. The molecule has 35 heavy (non-hydrogen) atoms. The number of hydrogen-bond donors (Lipinski definition) is 3. The van der Waals surface area contributed by atoms with Gasteiger partial charge in [0, 0.05) is 67.7 Å². The van der Waals surface area contributed by atoms with E-state index in [4.69, 9.17) is 4.98 Å². The number of likely N-dealkylation sites (N-methyl/N-ethyl adjacent to an activating group) is 1. The second kappa shape index (κ2) is 9.13. The maximum absolute atomic E-state index is 4.74. The zero-order valence-corrected chi connectivity index (χ0v) is 20.2. The average Bonchev–Trinajstić information content (AvgIpc) is 3.51. The average molecular weight is 467 g/mol. The van der Waals surface area contributed by atoms with Crippen LogP contribution in [0.25, 0.3) is 44.3 Å². The molecule has 1 aromatic carbocycles. The first kappa shape index (κ1) is 21.8. The van der Waals surface area contributed by atoms with E-state index in [0.717, 1.165) is 89.4 Å². The molecule has 0 spiro atoms. The van der Waals surface area contributed by atoms with E-state index >= 15 is 0 Å². The summed E-state index contributed by atoms with van der Waals surface area (Å²) in [5.74, 6) is 1.04. The number of piperazine rings is 1. The van der Waals surface area contributed by atoms with Gasteiger partial charge in [-0.15, -0.1) is 0 Å². The lowest BCUT2D eigenvalue weighted by Crippen LogP contribution is -2.44. The van der Waals surface area contributed by atoms with E-state index in [0.29, 0.717) is 0 Å². The Hall–Kier alpha value is -3.75. The van der Waals surface area contributed by atoms with Crippen LogP contribution in [0.2, 0.25) is 0 Å². The fourth-order valence-corrected chi connectivity index (χ4v) is 4.85. The van der Waals surface area contributed by atoms with Gasteiger partial charge in [-0.05, 0) is 55.1 Å². The lowest BCUT2D eigenvalue weighted by atomic mass is 10.0. The highest BCUT2D eigenvalue weighted by molar-refractivity contribution is 6.00. The van der Waals surface area contributed by atoms with Crippen LogP contribution in [0, 0.1) is 0 Å². The van der Waals surface area contributed by atoms with Crippen LogP contribution in [-0.4, -0.2) is 69.8 Å². The summed E-state index contributed by atoms with van der Waals surface area (Å²) in [5, 5.41) is 13.5. The number of fused-ring (bicyclic) bond motifs is 2. The standard InChI is InChI=1S/C27H30N8/c1-3-28-15-18-12-20(17-29-16-18)19-4-5-24-21(13-19)26(33-32-24)25-14-22-23(31-25)6-7-30-27(22)35-10-8-34(2)9-11-35/h4-7,12-14,16-17,28,31H,3,8-11,15H2,1-2H3,(H,32,33). The minimum absolute atomic E-state index is 0.815. The van der Waals surface area contributed by atoms with Crippen LogP contribution in [0.4, 0.5) is 5.82 Å². The third-order valence-corrected chi connectivity index (χ3v) is 6.86. The molecule has 0 aliphatic carbocycles. The van der Waals surface area contributed by atoms with Crippen molar-refractivity contribution < 1.29 is 0 Å². The molecule has 5 aromatic rings. The van der Waals surface area contributed by atoms with Crippen LogP contribution in [-0.2, 0) is 6.54 Å². The highest BCUT2D eigenvalue weighted by atomic mass is 15.3. The van der Waals surface area contributed by atoms with E-state index in [9.17, 15) is 0 Å². The van der Waals surface area contributed by atoms with Crippen molar-refractivity contribution in [2.24, 2.45) is 0 Å². The molecule has 3 N–H and O–H groups in total. The predicted molar refractivity (Wildman–Crippen MR) is 142 cm³/mol. The summed E-state index contributed by atoms with van der Waals surface area (Å²) in [6.07, 6.45) is 5.74. The number of benzene rings is 1. The second-order valence-corrected chi connectivity index (χ2v) is 9.26. The molecule has 6 rings (SSSR count). The first-order chi connectivity index (χ1) is 17.2. The fraction of sp³-hybridized carbons (Fsp3) is 0.296. The van der Waals surface area contributed by atoms with Crippen molar-refractivity contribution in [3.8, 4) is 22.5 Å². The maximum Gasteiger partial charge on any atom is 0.138 e. The van der Waals surface area contributed by atoms with Gasteiger partial charge in [0.05, 0.1) is 16.7 Å². The molecule has 1 aliphatic rings. The molecule has 1 saturated heterocycles. The van der Waals surface area contributed by atoms with E-state index in [1.54, 1.807) is 0 Å². The van der Waals surface area contributed by atoms with Crippen molar-refractivity contribution in [3.05, 3.63) is 60.6 Å². The SMILES string of the molecule is CCNCc1cncc(-c2ccc3[nH]nc(-c4cc5c(N6CCN(C)CC6)nccc5[nH]4)c3c2)c1. The van der Waals surface area contributed by atoms with Crippen molar-refractivity contribution in [3.63, 3.8) is 0 Å². The maximum atomic E-state index is 4.74. The molecule has 8 heteroatoms. The number of aromatic amines is 2. The number of anilines is 1. The molecule has 0 atom stereocenters. The van der Waals surface area contributed by atoms with Crippen LogP contribution in [0.15, 0.2) is 55.0 Å². The molecule has 0 radical (unpaired) electrons. The first-order valence-electron chi connectivity index (χ1n) is 12.2. The predicted octanol–water partition coefficient (Wildman–Crippen LogP) is 4.03. The van der Waals surface area contributed by atoms with Crippen LogP contribution in [0.5, 0.6) is 0 Å². The highest BCUT2D eigenvalue weighted by Crippen LogP contribution is 2.34. The van der Waals surface area contributed by atoms with Crippen LogP contribution in [0.3, 0.4) is 0 Å². The van der Waals surface area contributed by atoms with E-state index in [1.807, 2.05) is 24.7 Å². The summed E-state index contributed by atoms with van der Waals surface area (Å²) in [5.41, 5.74) is 7.41. The first-order valence-corrected chi connectivity index (χ1v) is 12.2. The molecule has 0 bridgehead atoms. The monoisotopic (exact) mass is 466 g/mol.